The molecular formula is C12H17NO2. The predicted molar refractivity (Wildman–Crippen MR) is 59.8 cm³/mol. The smallest absolute Gasteiger partial charge is 0.188 e. The average Bonchev–Trinajstić information content (AvgIpc) is 2.29. The molecule has 0 saturated carbocycles. The molecule has 0 spiro atoms. The van der Waals surface area contributed by atoms with Crippen LogP contribution in [0.15, 0.2) is 24.3 Å². The van der Waals surface area contributed by atoms with Crippen LogP contribution in [0.4, 0.5) is 0 Å². The highest BCUT2D eigenvalue weighted by atomic mass is 16.5. The molecule has 0 saturated heterocycles. The van der Waals surface area contributed by atoms with Crippen molar-refractivity contribution in [2.75, 3.05) is 13.2 Å². The third-order valence-corrected chi connectivity index (χ3v) is 2.09. The van der Waals surface area contributed by atoms with Gasteiger partial charge in [-0.05, 0) is 12.0 Å². The lowest BCUT2D eigenvalue weighted by Gasteiger charge is -2.03. The predicted octanol–water partition coefficient (Wildman–Crippen LogP) is 1.75. The first-order valence-corrected chi connectivity index (χ1v) is 5.18. The lowest BCUT2D eigenvalue weighted by atomic mass is 10.1. The van der Waals surface area contributed by atoms with E-state index in [0.29, 0.717) is 18.7 Å². The van der Waals surface area contributed by atoms with Gasteiger partial charge in [-0.15, -0.1) is 0 Å². The SMILES string of the molecule is CCCOCC(=O)c1ccc(CN)cc1. The molecule has 1 aromatic rings. The molecule has 0 aliphatic heterocycles. The van der Waals surface area contributed by atoms with Crippen LogP contribution in [0.25, 0.3) is 0 Å². The van der Waals surface area contributed by atoms with Gasteiger partial charge in [-0.2, -0.15) is 0 Å². The number of benzene rings is 1. The van der Waals surface area contributed by atoms with E-state index < -0.39 is 0 Å². The van der Waals surface area contributed by atoms with Crippen LogP contribution in [0.5, 0.6) is 0 Å². The molecule has 0 heterocycles. The van der Waals surface area contributed by atoms with Crippen LogP contribution in [-0.4, -0.2) is 19.0 Å². The van der Waals surface area contributed by atoms with Gasteiger partial charge in [-0.3, -0.25) is 4.79 Å². The fourth-order valence-electron chi connectivity index (χ4n) is 1.22. The van der Waals surface area contributed by atoms with E-state index in [9.17, 15) is 4.79 Å². The summed E-state index contributed by atoms with van der Waals surface area (Å²) in [6, 6.07) is 7.32. The highest BCUT2D eigenvalue weighted by molar-refractivity contribution is 5.97. The van der Waals surface area contributed by atoms with E-state index in [1.54, 1.807) is 12.1 Å². The van der Waals surface area contributed by atoms with Crippen LogP contribution in [0.3, 0.4) is 0 Å². The molecule has 0 radical (unpaired) electrons. The zero-order valence-corrected chi connectivity index (χ0v) is 9.03. The van der Waals surface area contributed by atoms with Gasteiger partial charge in [0.1, 0.15) is 6.61 Å². The highest BCUT2D eigenvalue weighted by Gasteiger charge is 2.04. The second-order valence-corrected chi connectivity index (χ2v) is 3.38. The lowest BCUT2D eigenvalue weighted by Crippen LogP contribution is -2.09. The fraction of sp³-hybridized carbons (Fsp3) is 0.417. The molecule has 3 heteroatoms. The van der Waals surface area contributed by atoms with Crippen LogP contribution in [-0.2, 0) is 11.3 Å². The summed E-state index contributed by atoms with van der Waals surface area (Å²) in [5.41, 5.74) is 7.18. The molecule has 0 fully saturated rings. The summed E-state index contributed by atoms with van der Waals surface area (Å²) in [6.45, 7) is 3.31. The molecule has 0 atom stereocenters. The van der Waals surface area contributed by atoms with Crippen LogP contribution >= 0.6 is 0 Å². The maximum Gasteiger partial charge on any atom is 0.188 e. The number of hydrogen-bond acceptors (Lipinski definition) is 3. The largest absolute Gasteiger partial charge is 0.373 e. The molecule has 1 aromatic carbocycles. The van der Waals surface area contributed by atoms with Crippen molar-refractivity contribution >= 4 is 5.78 Å². The van der Waals surface area contributed by atoms with Crippen LogP contribution < -0.4 is 5.73 Å². The maximum absolute atomic E-state index is 11.6. The summed E-state index contributed by atoms with van der Waals surface area (Å²) < 4.78 is 5.18. The van der Waals surface area contributed by atoms with E-state index in [1.807, 2.05) is 19.1 Å². The molecule has 0 unspecified atom stereocenters. The summed E-state index contributed by atoms with van der Waals surface area (Å²) in [6.07, 6.45) is 0.930. The molecule has 0 amide bonds. The van der Waals surface area contributed by atoms with Gasteiger partial charge in [0.25, 0.3) is 0 Å². The Bertz CT molecular complexity index is 306. The fourth-order valence-corrected chi connectivity index (χ4v) is 1.22. The van der Waals surface area contributed by atoms with Crippen molar-refractivity contribution in [1.82, 2.24) is 0 Å². The number of ketones is 1. The van der Waals surface area contributed by atoms with E-state index >= 15 is 0 Å². The zero-order chi connectivity index (χ0) is 11.1. The van der Waals surface area contributed by atoms with Gasteiger partial charge in [0.2, 0.25) is 0 Å². The Morgan fingerprint density at radius 1 is 1.33 bits per heavy atom. The van der Waals surface area contributed by atoms with Crippen LogP contribution in [0, 0.1) is 0 Å². The number of ether oxygens (including phenoxy) is 1. The minimum Gasteiger partial charge on any atom is -0.373 e. The molecule has 0 bridgehead atoms. The summed E-state index contributed by atoms with van der Waals surface area (Å²) in [7, 11) is 0. The van der Waals surface area contributed by atoms with Crippen molar-refractivity contribution in [3.8, 4) is 0 Å². The Kier molecular flexibility index (Phi) is 5.01. The van der Waals surface area contributed by atoms with Gasteiger partial charge in [-0.25, -0.2) is 0 Å². The van der Waals surface area contributed by atoms with E-state index in [2.05, 4.69) is 0 Å². The van der Waals surface area contributed by atoms with E-state index in [0.717, 1.165) is 12.0 Å². The number of rotatable bonds is 6. The first-order valence-electron chi connectivity index (χ1n) is 5.18. The van der Waals surface area contributed by atoms with E-state index in [1.165, 1.54) is 0 Å². The van der Waals surface area contributed by atoms with Crippen molar-refractivity contribution in [2.24, 2.45) is 5.73 Å². The first-order chi connectivity index (χ1) is 7.27. The van der Waals surface area contributed by atoms with Gasteiger partial charge in [0, 0.05) is 18.7 Å². The van der Waals surface area contributed by atoms with E-state index in [4.69, 9.17) is 10.5 Å². The second kappa shape index (κ2) is 6.32. The molecule has 1 rings (SSSR count). The zero-order valence-electron chi connectivity index (χ0n) is 9.03. The molecule has 82 valence electrons. The first kappa shape index (κ1) is 11.9. The van der Waals surface area contributed by atoms with Crippen molar-refractivity contribution in [3.63, 3.8) is 0 Å². The summed E-state index contributed by atoms with van der Waals surface area (Å²) >= 11 is 0. The Hall–Kier alpha value is -1.19. The van der Waals surface area contributed by atoms with E-state index in [-0.39, 0.29) is 12.4 Å². The lowest BCUT2D eigenvalue weighted by molar-refractivity contribution is 0.0761. The molecule has 0 aromatic heterocycles. The summed E-state index contributed by atoms with van der Waals surface area (Å²) in [4.78, 5) is 11.6. The number of Topliss-reactive ketones (excluding diaryl/α,β-unsaturated/α-hetero) is 1. The topological polar surface area (TPSA) is 52.3 Å². The Labute approximate surface area is 90.2 Å². The standard InChI is InChI=1S/C12H17NO2/c1-2-7-15-9-12(14)11-5-3-10(8-13)4-6-11/h3-6H,2,7-9,13H2,1H3. The monoisotopic (exact) mass is 207 g/mol. The number of carbonyl (C=O) groups excluding carboxylic acids is 1. The Balaban J connectivity index is 2.50. The van der Waals surface area contributed by atoms with Crippen molar-refractivity contribution in [1.29, 1.82) is 0 Å². The van der Waals surface area contributed by atoms with Gasteiger partial charge < -0.3 is 10.5 Å². The van der Waals surface area contributed by atoms with Crippen molar-refractivity contribution in [2.45, 2.75) is 19.9 Å². The van der Waals surface area contributed by atoms with Gasteiger partial charge in [-0.1, -0.05) is 31.2 Å². The van der Waals surface area contributed by atoms with Crippen molar-refractivity contribution < 1.29 is 9.53 Å². The Morgan fingerprint density at radius 3 is 2.53 bits per heavy atom. The number of carbonyl (C=O) groups is 1. The highest BCUT2D eigenvalue weighted by Crippen LogP contribution is 2.05. The molecule has 0 aliphatic carbocycles. The minimum absolute atomic E-state index is 0.0204. The Morgan fingerprint density at radius 2 is 2.00 bits per heavy atom. The van der Waals surface area contributed by atoms with Crippen LogP contribution in [0.1, 0.15) is 29.3 Å². The quantitative estimate of drug-likeness (QED) is 0.571. The average molecular weight is 207 g/mol. The minimum atomic E-state index is 0.0204. The molecule has 15 heavy (non-hydrogen) atoms. The normalized spacial score (nSPS) is 10.3. The van der Waals surface area contributed by atoms with Gasteiger partial charge in [0.15, 0.2) is 5.78 Å². The molecule has 2 N–H and O–H groups in total. The molecule has 3 nitrogen and oxygen atoms in total. The van der Waals surface area contributed by atoms with Crippen molar-refractivity contribution in [3.05, 3.63) is 35.4 Å². The maximum atomic E-state index is 11.6. The second-order valence-electron chi connectivity index (χ2n) is 3.38. The number of nitrogens with two attached hydrogens (primary N) is 1. The summed E-state index contributed by atoms with van der Waals surface area (Å²) in [5.74, 6) is 0.0204. The summed E-state index contributed by atoms with van der Waals surface area (Å²) in [5, 5.41) is 0. The third-order valence-electron chi connectivity index (χ3n) is 2.09. The molecule has 0 aliphatic rings. The molecular weight excluding hydrogens is 190 g/mol. The van der Waals surface area contributed by atoms with Crippen LogP contribution in [0.2, 0.25) is 0 Å². The third kappa shape index (κ3) is 3.81. The van der Waals surface area contributed by atoms with Gasteiger partial charge in [0.05, 0.1) is 0 Å². The van der Waals surface area contributed by atoms with Gasteiger partial charge >= 0.3 is 0 Å². The number of hydrogen-bond donors (Lipinski definition) is 1.